The second-order valence-corrected chi connectivity index (χ2v) is 8.07. The van der Waals surface area contributed by atoms with Crippen LogP contribution in [-0.4, -0.2) is 79.7 Å². The highest BCUT2D eigenvalue weighted by atomic mass is 32.2. The van der Waals surface area contributed by atoms with Gasteiger partial charge in [0.05, 0.1) is 30.2 Å². The van der Waals surface area contributed by atoms with Crippen LogP contribution in [-0.2, 0) is 24.2 Å². The molecule has 2 aliphatic heterocycles. The quantitative estimate of drug-likeness (QED) is 0.646. The maximum atomic E-state index is 12.0. The number of carbonyl (C=O) groups is 2. The van der Waals surface area contributed by atoms with Crippen LogP contribution < -0.4 is 5.32 Å². The Labute approximate surface area is 123 Å². The van der Waals surface area contributed by atoms with Gasteiger partial charge in [0.25, 0.3) is 0 Å². The Balaban J connectivity index is 1.86. The summed E-state index contributed by atoms with van der Waals surface area (Å²) < 4.78 is 28.1. The van der Waals surface area contributed by atoms with Crippen LogP contribution in [0, 0.1) is 0 Å². The van der Waals surface area contributed by atoms with E-state index in [-0.39, 0.29) is 37.1 Å². The molecule has 0 aliphatic carbocycles. The Hall–Kier alpha value is -1.19. The largest absolute Gasteiger partial charge is 0.479 e. The van der Waals surface area contributed by atoms with Gasteiger partial charge in [0.1, 0.15) is 0 Å². The van der Waals surface area contributed by atoms with Crippen LogP contribution in [0.15, 0.2) is 0 Å². The number of carboxylic acids is 1. The fourth-order valence-electron chi connectivity index (χ4n) is 2.68. The predicted molar refractivity (Wildman–Crippen MR) is 73.6 cm³/mol. The van der Waals surface area contributed by atoms with Gasteiger partial charge in [-0.3, -0.25) is 9.69 Å². The van der Waals surface area contributed by atoms with Crippen molar-refractivity contribution in [3.63, 3.8) is 0 Å². The average molecular weight is 320 g/mol. The van der Waals surface area contributed by atoms with Crippen molar-refractivity contribution < 1.29 is 27.9 Å². The molecule has 0 spiro atoms. The van der Waals surface area contributed by atoms with E-state index in [9.17, 15) is 18.0 Å². The van der Waals surface area contributed by atoms with E-state index in [0.717, 1.165) is 0 Å². The van der Waals surface area contributed by atoms with Gasteiger partial charge >= 0.3 is 5.97 Å². The second-order valence-electron chi connectivity index (χ2n) is 5.88. The molecular weight excluding hydrogens is 300 g/mol. The molecule has 2 aliphatic rings. The number of morpholine rings is 1. The molecule has 0 aromatic heterocycles. The van der Waals surface area contributed by atoms with Crippen LogP contribution in [0.25, 0.3) is 0 Å². The molecule has 2 fully saturated rings. The molecule has 1 amide bonds. The molecule has 2 rings (SSSR count). The number of nitrogens with one attached hydrogen (secondary N) is 1. The van der Waals surface area contributed by atoms with Crippen molar-refractivity contribution in [2.75, 3.05) is 37.7 Å². The lowest BCUT2D eigenvalue weighted by Gasteiger charge is -2.31. The first-order chi connectivity index (χ1) is 9.69. The van der Waals surface area contributed by atoms with Crippen LogP contribution in [0.5, 0.6) is 0 Å². The number of nitrogens with zero attached hydrogens (tertiary/aromatic N) is 1. The minimum atomic E-state index is -3.08. The van der Waals surface area contributed by atoms with Crippen molar-refractivity contribution in [3.8, 4) is 0 Å². The minimum absolute atomic E-state index is 0.0444. The number of ether oxygens (including phenoxy) is 1. The number of amides is 1. The third-order valence-electron chi connectivity index (χ3n) is 3.74. The molecule has 0 saturated carbocycles. The van der Waals surface area contributed by atoms with Crippen molar-refractivity contribution in [2.45, 2.75) is 25.0 Å². The van der Waals surface area contributed by atoms with Crippen LogP contribution in [0.3, 0.4) is 0 Å². The third kappa shape index (κ3) is 4.39. The number of sulfone groups is 1. The van der Waals surface area contributed by atoms with Crippen molar-refractivity contribution in [3.05, 3.63) is 0 Å². The van der Waals surface area contributed by atoms with Crippen LogP contribution >= 0.6 is 0 Å². The van der Waals surface area contributed by atoms with Gasteiger partial charge < -0.3 is 15.2 Å². The topological polar surface area (TPSA) is 113 Å². The summed E-state index contributed by atoms with van der Waals surface area (Å²) in [5, 5.41) is 11.7. The monoisotopic (exact) mass is 320 g/mol. The molecular formula is C12H20N2O6S. The molecule has 0 aromatic carbocycles. The van der Waals surface area contributed by atoms with Crippen LogP contribution in [0.4, 0.5) is 0 Å². The van der Waals surface area contributed by atoms with Gasteiger partial charge in [-0.2, -0.15) is 0 Å². The normalized spacial score (nSPS) is 32.7. The molecule has 0 bridgehead atoms. The third-order valence-corrected chi connectivity index (χ3v) is 5.64. The number of hydrogen-bond acceptors (Lipinski definition) is 6. The summed E-state index contributed by atoms with van der Waals surface area (Å²) in [6.45, 7) is 2.65. The number of hydrogen-bond donors (Lipinski definition) is 2. The van der Waals surface area contributed by atoms with Gasteiger partial charge in [0.15, 0.2) is 15.9 Å². The Morgan fingerprint density at radius 3 is 2.76 bits per heavy atom. The fraction of sp³-hybridized carbons (Fsp3) is 0.833. The van der Waals surface area contributed by atoms with E-state index in [0.29, 0.717) is 13.0 Å². The van der Waals surface area contributed by atoms with Crippen LogP contribution in [0.1, 0.15) is 13.3 Å². The molecule has 2 N–H and O–H groups in total. The molecule has 2 saturated heterocycles. The Bertz CT molecular complexity index is 534. The lowest BCUT2D eigenvalue weighted by molar-refractivity contribution is -0.156. The number of carboxylic acid groups (broad SMARTS) is 1. The summed E-state index contributed by atoms with van der Waals surface area (Å²) in [5.41, 5.74) is -0.728. The van der Waals surface area contributed by atoms with E-state index in [1.165, 1.54) is 0 Å². The Kier molecular flexibility index (Phi) is 4.54. The van der Waals surface area contributed by atoms with E-state index in [4.69, 9.17) is 9.84 Å². The molecule has 2 unspecified atom stereocenters. The van der Waals surface area contributed by atoms with E-state index >= 15 is 0 Å². The van der Waals surface area contributed by atoms with Crippen molar-refractivity contribution in [1.29, 1.82) is 0 Å². The molecule has 120 valence electrons. The van der Waals surface area contributed by atoms with Gasteiger partial charge in [-0.05, 0) is 13.3 Å². The van der Waals surface area contributed by atoms with E-state index in [2.05, 4.69) is 5.32 Å². The van der Waals surface area contributed by atoms with Crippen LogP contribution in [0.2, 0.25) is 0 Å². The zero-order chi connectivity index (χ0) is 15.7. The Morgan fingerprint density at radius 1 is 1.48 bits per heavy atom. The molecule has 8 nitrogen and oxygen atoms in total. The molecule has 2 heterocycles. The standard InChI is InChI=1S/C12H20N2O6S/c1-12(2-5-21(18,19)8-12)13-10(15)7-14-3-4-20-9(6-14)11(16)17/h9H,2-8H2,1H3,(H,13,15)(H,16,17). The van der Waals surface area contributed by atoms with Crippen molar-refractivity contribution >= 4 is 21.7 Å². The van der Waals surface area contributed by atoms with Gasteiger partial charge in [0.2, 0.25) is 5.91 Å². The second kappa shape index (κ2) is 5.90. The molecule has 21 heavy (non-hydrogen) atoms. The zero-order valence-corrected chi connectivity index (χ0v) is 12.7. The highest BCUT2D eigenvalue weighted by molar-refractivity contribution is 7.91. The summed E-state index contributed by atoms with van der Waals surface area (Å²) in [4.78, 5) is 24.6. The lowest BCUT2D eigenvalue weighted by Crippen LogP contribution is -2.53. The highest BCUT2D eigenvalue weighted by Crippen LogP contribution is 2.22. The number of aliphatic carboxylic acids is 1. The molecule has 2 atom stereocenters. The van der Waals surface area contributed by atoms with E-state index in [1.807, 2.05) is 0 Å². The maximum absolute atomic E-state index is 12.0. The molecule has 9 heteroatoms. The predicted octanol–water partition coefficient (Wildman–Crippen LogP) is -1.53. The first kappa shape index (κ1) is 16.2. The average Bonchev–Trinajstić information content (AvgIpc) is 2.63. The maximum Gasteiger partial charge on any atom is 0.334 e. The SMILES string of the molecule is CC1(NC(=O)CN2CCOC(C(=O)O)C2)CCS(=O)(=O)C1. The lowest BCUT2D eigenvalue weighted by atomic mass is 10.0. The summed E-state index contributed by atoms with van der Waals surface area (Å²) >= 11 is 0. The molecule has 0 radical (unpaired) electrons. The number of rotatable bonds is 4. The molecule has 0 aromatic rings. The van der Waals surface area contributed by atoms with Crippen molar-refractivity contribution in [2.24, 2.45) is 0 Å². The van der Waals surface area contributed by atoms with Gasteiger partial charge in [-0.15, -0.1) is 0 Å². The van der Waals surface area contributed by atoms with Crippen molar-refractivity contribution in [1.82, 2.24) is 10.2 Å². The fourth-order valence-corrected chi connectivity index (χ4v) is 4.78. The van der Waals surface area contributed by atoms with Gasteiger partial charge in [0, 0.05) is 13.1 Å². The minimum Gasteiger partial charge on any atom is -0.479 e. The Morgan fingerprint density at radius 2 is 2.19 bits per heavy atom. The van der Waals surface area contributed by atoms with Gasteiger partial charge in [-0.25, -0.2) is 13.2 Å². The summed E-state index contributed by atoms with van der Waals surface area (Å²) in [6.07, 6.45) is -0.518. The summed E-state index contributed by atoms with van der Waals surface area (Å²) in [5.74, 6) is -1.30. The smallest absolute Gasteiger partial charge is 0.334 e. The zero-order valence-electron chi connectivity index (χ0n) is 11.9. The first-order valence-electron chi connectivity index (χ1n) is 6.77. The first-order valence-corrected chi connectivity index (χ1v) is 8.59. The van der Waals surface area contributed by atoms with E-state index in [1.54, 1.807) is 11.8 Å². The summed E-state index contributed by atoms with van der Waals surface area (Å²) in [7, 11) is -3.08. The van der Waals surface area contributed by atoms with Gasteiger partial charge in [-0.1, -0.05) is 0 Å². The van der Waals surface area contributed by atoms with E-state index < -0.39 is 27.4 Å². The summed E-state index contributed by atoms with van der Waals surface area (Å²) in [6, 6.07) is 0. The number of carbonyl (C=O) groups excluding carboxylic acids is 1. The highest BCUT2D eigenvalue weighted by Gasteiger charge is 2.39.